The Morgan fingerprint density at radius 3 is 2.05 bits per heavy atom. The molecule has 3 amide bonds. The molecule has 8 nitrogen and oxygen atoms in total. The van der Waals surface area contributed by atoms with Gasteiger partial charge in [0.05, 0.1) is 0 Å². The molecule has 0 saturated carbocycles. The Balaban J connectivity index is 2.73. The lowest BCUT2D eigenvalue weighted by atomic mass is 9.91. The largest absolute Gasteiger partial charge is 0.508 e. The Bertz CT molecular complexity index is 1240. The number of nitrogens with zero attached hydrogens (tertiary/aromatic N) is 1. The summed E-state index contributed by atoms with van der Waals surface area (Å²) in [5.41, 5.74) is 2.12. The van der Waals surface area contributed by atoms with Crippen LogP contribution in [0, 0.1) is 19.8 Å². The zero-order valence-corrected chi connectivity index (χ0v) is 28.0. The number of carbonyl (C=O) groups excluding carboxylic acids is 3. The fraction of sp³-hybridized carbons (Fsp3) is 0.571. The highest BCUT2D eigenvalue weighted by atomic mass is 16.6. The van der Waals surface area contributed by atoms with Gasteiger partial charge in [-0.15, -0.1) is 0 Å². The van der Waals surface area contributed by atoms with Crippen LogP contribution in [0.25, 0.3) is 0 Å². The highest BCUT2D eigenvalue weighted by Gasteiger charge is 2.40. The average Bonchev–Trinajstić information content (AvgIpc) is 2.86. The van der Waals surface area contributed by atoms with Crippen LogP contribution in [0.15, 0.2) is 42.5 Å². The maximum absolute atomic E-state index is 14.8. The lowest BCUT2D eigenvalue weighted by molar-refractivity contribution is -0.145. The summed E-state index contributed by atoms with van der Waals surface area (Å²) < 4.78 is 5.55. The van der Waals surface area contributed by atoms with E-state index in [1.54, 1.807) is 49.9 Å². The third-order valence-electron chi connectivity index (χ3n) is 7.22. The number of hydrogen-bond donors (Lipinski definition) is 3. The first kappa shape index (κ1) is 35.6. The van der Waals surface area contributed by atoms with Crippen LogP contribution < -0.4 is 10.6 Å². The maximum atomic E-state index is 14.8. The molecule has 0 aliphatic rings. The van der Waals surface area contributed by atoms with Gasteiger partial charge in [0.1, 0.15) is 23.4 Å². The number of aryl methyl sites for hydroxylation is 1. The Hall–Kier alpha value is -3.55. The van der Waals surface area contributed by atoms with Gasteiger partial charge in [0, 0.05) is 18.0 Å². The van der Waals surface area contributed by atoms with E-state index in [1.165, 1.54) is 0 Å². The summed E-state index contributed by atoms with van der Waals surface area (Å²) in [5, 5.41) is 15.8. The van der Waals surface area contributed by atoms with E-state index in [2.05, 4.69) is 24.5 Å². The second-order valence-electron chi connectivity index (χ2n) is 14.1. The van der Waals surface area contributed by atoms with Crippen LogP contribution in [-0.4, -0.2) is 51.1 Å². The van der Waals surface area contributed by atoms with Gasteiger partial charge in [0.2, 0.25) is 11.8 Å². The van der Waals surface area contributed by atoms with Crippen molar-refractivity contribution in [1.82, 2.24) is 15.5 Å². The van der Waals surface area contributed by atoms with E-state index in [9.17, 15) is 19.5 Å². The van der Waals surface area contributed by atoms with Gasteiger partial charge in [0.25, 0.3) is 0 Å². The molecule has 0 aliphatic carbocycles. The van der Waals surface area contributed by atoms with Gasteiger partial charge < -0.3 is 25.4 Å². The van der Waals surface area contributed by atoms with E-state index in [0.29, 0.717) is 12.3 Å². The molecular weight excluding hydrogens is 542 g/mol. The molecule has 3 N–H and O–H groups in total. The van der Waals surface area contributed by atoms with E-state index < -0.39 is 29.3 Å². The molecule has 0 bridgehead atoms. The number of aromatic hydroxyl groups is 1. The van der Waals surface area contributed by atoms with Gasteiger partial charge in [-0.1, -0.05) is 44.2 Å². The highest BCUT2D eigenvalue weighted by molar-refractivity contribution is 5.93. The summed E-state index contributed by atoms with van der Waals surface area (Å²) in [5.74, 6) is -0.170. The van der Waals surface area contributed by atoms with Gasteiger partial charge in [0.15, 0.2) is 0 Å². The number of hydrogen-bond acceptors (Lipinski definition) is 5. The van der Waals surface area contributed by atoms with E-state index in [4.69, 9.17) is 4.74 Å². The molecular formula is C35H53N3O5. The number of ether oxygens (including phenoxy) is 1. The molecule has 3 atom stereocenters. The number of phenolic OH excluding ortho intramolecular Hbond substituents is 1. The number of carbonyl (C=O) groups is 3. The van der Waals surface area contributed by atoms with Gasteiger partial charge >= 0.3 is 6.09 Å². The first-order valence-corrected chi connectivity index (χ1v) is 15.3. The Morgan fingerprint density at radius 2 is 1.51 bits per heavy atom. The van der Waals surface area contributed by atoms with Gasteiger partial charge in [-0.05, 0) is 115 Å². The van der Waals surface area contributed by atoms with Crippen LogP contribution in [0.3, 0.4) is 0 Å². The Morgan fingerprint density at radius 1 is 0.907 bits per heavy atom. The SMILES string of the molecule is Cc1cccc(C(C(=O)NC(C)(C)C)N(C(=O)C(Cc2ccc(O)cc2)NC(=O)OC(C)(C)C)C(C)CCC(C)C)c1C. The molecule has 8 heteroatoms. The summed E-state index contributed by atoms with van der Waals surface area (Å²) in [4.78, 5) is 43.7. The van der Waals surface area contributed by atoms with Crippen molar-refractivity contribution in [3.8, 4) is 5.75 Å². The van der Waals surface area contributed by atoms with Crippen LogP contribution in [-0.2, 0) is 20.7 Å². The molecule has 2 rings (SSSR count). The molecule has 0 radical (unpaired) electrons. The minimum atomic E-state index is -1.03. The van der Waals surface area contributed by atoms with Crippen molar-refractivity contribution in [2.75, 3.05) is 0 Å². The van der Waals surface area contributed by atoms with Crippen LogP contribution in [0.5, 0.6) is 5.75 Å². The summed E-state index contributed by atoms with van der Waals surface area (Å²) in [6.45, 7) is 21.2. The molecule has 0 heterocycles. The van der Waals surface area contributed by atoms with Gasteiger partial charge in [-0.25, -0.2) is 4.79 Å². The Kier molecular flexibility index (Phi) is 12.2. The van der Waals surface area contributed by atoms with E-state index in [0.717, 1.165) is 28.7 Å². The van der Waals surface area contributed by atoms with Crippen LogP contribution in [0.1, 0.15) is 103 Å². The van der Waals surface area contributed by atoms with Crippen molar-refractivity contribution in [3.63, 3.8) is 0 Å². The molecule has 0 fully saturated rings. The third kappa shape index (κ3) is 11.2. The molecule has 0 aliphatic heterocycles. The Labute approximate surface area is 258 Å². The summed E-state index contributed by atoms with van der Waals surface area (Å²) in [6.07, 6.45) is 0.952. The van der Waals surface area contributed by atoms with Gasteiger partial charge in [-0.3, -0.25) is 9.59 Å². The number of nitrogens with one attached hydrogen (secondary N) is 2. The third-order valence-corrected chi connectivity index (χ3v) is 7.22. The molecule has 2 aromatic rings. The summed E-state index contributed by atoms with van der Waals surface area (Å²) in [7, 11) is 0. The van der Waals surface area contributed by atoms with Crippen molar-refractivity contribution in [3.05, 3.63) is 64.7 Å². The molecule has 0 aromatic heterocycles. The topological polar surface area (TPSA) is 108 Å². The van der Waals surface area contributed by atoms with E-state index in [1.807, 2.05) is 59.7 Å². The standard InChI is InChI=1S/C35H53N3O5/c1-22(2)15-16-24(4)38(30(31(40)37-34(6,7)8)28-14-12-13-23(3)25(28)5)32(41)29(36-33(42)43-35(9,10)11)21-26-17-19-27(39)20-18-26/h12-14,17-20,22,24,29-30,39H,15-16,21H2,1-11H3,(H,36,42)(H,37,40). The molecule has 43 heavy (non-hydrogen) atoms. The minimum Gasteiger partial charge on any atom is -0.508 e. The smallest absolute Gasteiger partial charge is 0.408 e. The first-order valence-electron chi connectivity index (χ1n) is 15.3. The first-order chi connectivity index (χ1) is 19.8. The second-order valence-corrected chi connectivity index (χ2v) is 14.1. The number of phenols is 1. The molecule has 0 saturated heterocycles. The zero-order chi connectivity index (χ0) is 32.7. The summed E-state index contributed by atoms with van der Waals surface area (Å²) in [6, 6.07) is 10.0. The number of alkyl carbamates (subject to hydrolysis) is 1. The maximum Gasteiger partial charge on any atom is 0.408 e. The number of rotatable bonds is 11. The lowest BCUT2D eigenvalue weighted by Crippen LogP contribution is -2.57. The lowest BCUT2D eigenvalue weighted by Gasteiger charge is -2.40. The van der Waals surface area contributed by atoms with Crippen molar-refractivity contribution < 1.29 is 24.2 Å². The highest BCUT2D eigenvalue weighted by Crippen LogP contribution is 2.31. The van der Waals surface area contributed by atoms with Crippen molar-refractivity contribution in [1.29, 1.82) is 0 Å². The van der Waals surface area contributed by atoms with Crippen molar-refractivity contribution in [2.24, 2.45) is 5.92 Å². The molecule has 2 aromatic carbocycles. The molecule has 238 valence electrons. The monoisotopic (exact) mass is 595 g/mol. The normalized spacial score (nSPS) is 14.0. The number of amides is 3. The fourth-order valence-corrected chi connectivity index (χ4v) is 4.94. The second kappa shape index (κ2) is 14.8. The van der Waals surface area contributed by atoms with Crippen LogP contribution in [0.2, 0.25) is 0 Å². The van der Waals surface area contributed by atoms with Gasteiger partial charge in [-0.2, -0.15) is 0 Å². The van der Waals surface area contributed by atoms with Crippen molar-refractivity contribution in [2.45, 2.75) is 125 Å². The quantitative estimate of drug-likeness (QED) is 0.266. The molecule has 0 spiro atoms. The van der Waals surface area contributed by atoms with Crippen molar-refractivity contribution >= 4 is 17.9 Å². The fourth-order valence-electron chi connectivity index (χ4n) is 4.94. The van der Waals surface area contributed by atoms with E-state index in [-0.39, 0.29) is 30.0 Å². The zero-order valence-electron chi connectivity index (χ0n) is 28.0. The van der Waals surface area contributed by atoms with Crippen LogP contribution >= 0.6 is 0 Å². The predicted molar refractivity (Wildman–Crippen MR) is 172 cm³/mol. The predicted octanol–water partition coefficient (Wildman–Crippen LogP) is 6.75. The van der Waals surface area contributed by atoms with E-state index >= 15 is 0 Å². The molecule has 3 unspecified atom stereocenters. The number of benzene rings is 2. The minimum absolute atomic E-state index is 0.101. The summed E-state index contributed by atoms with van der Waals surface area (Å²) >= 11 is 0. The van der Waals surface area contributed by atoms with Crippen LogP contribution in [0.4, 0.5) is 4.79 Å². The average molecular weight is 596 g/mol.